The van der Waals surface area contributed by atoms with E-state index in [1.165, 1.54) is 32.2 Å². The number of fused-ring (bicyclic) bond motifs is 1. The van der Waals surface area contributed by atoms with Gasteiger partial charge in [-0.05, 0) is 37.6 Å². The van der Waals surface area contributed by atoms with Gasteiger partial charge in [0, 0.05) is 12.6 Å². The summed E-state index contributed by atoms with van der Waals surface area (Å²) in [6.45, 7) is 6.14. The molecule has 1 saturated heterocycles. The summed E-state index contributed by atoms with van der Waals surface area (Å²) in [4.78, 5) is 2.62. The highest BCUT2D eigenvalue weighted by Gasteiger charge is 2.41. The average Bonchev–Trinajstić information content (AvgIpc) is 2.39. The second-order valence-corrected chi connectivity index (χ2v) is 5.38. The Morgan fingerprint density at radius 2 is 1.85 bits per heavy atom. The molecule has 0 spiro atoms. The van der Waals surface area contributed by atoms with Crippen molar-refractivity contribution in [1.82, 2.24) is 4.90 Å². The van der Waals surface area contributed by atoms with E-state index >= 15 is 0 Å². The fourth-order valence-corrected chi connectivity index (χ4v) is 3.73. The highest BCUT2D eigenvalue weighted by atomic mass is 15.2. The first-order valence-electron chi connectivity index (χ1n) is 5.90. The van der Waals surface area contributed by atoms with Crippen LogP contribution < -0.4 is 0 Å². The summed E-state index contributed by atoms with van der Waals surface area (Å²) in [5.74, 6) is 2.91. The third-order valence-electron chi connectivity index (χ3n) is 4.12. The predicted molar refractivity (Wildman–Crippen MR) is 56.7 cm³/mol. The van der Waals surface area contributed by atoms with Gasteiger partial charge in [0.15, 0.2) is 0 Å². The van der Waals surface area contributed by atoms with Gasteiger partial charge in [0.1, 0.15) is 0 Å². The molecule has 1 heterocycles. The normalized spacial score (nSPS) is 41.1. The van der Waals surface area contributed by atoms with Gasteiger partial charge in [-0.15, -0.1) is 0 Å². The quantitative estimate of drug-likeness (QED) is 0.601. The first-order chi connectivity index (χ1) is 6.20. The van der Waals surface area contributed by atoms with Crippen LogP contribution in [0.15, 0.2) is 0 Å². The Hall–Kier alpha value is -0.0400. The smallest absolute Gasteiger partial charge is 0.0147 e. The van der Waals surface area contributed by atoms with Crippen molar-refractivity contribution >= 4 is 0 Å². The molecule has 2 fully saturated rings. The van der Waals surface area contributed by atoms with E-state index in [4.69, 9.17) is 0 Å². The van der Waals surface area contributed by atoms with E-state index in [0.717, 1.165) is 23.8 Å². The molecule has 1 nitrogen and oxygen atoms in total. The molecule has 0 N–H and O–H groups in total. The minimum Gasteiger partial charge on any atom is -0.303 e. The van der Waals surface area contributed by atoms with Crippen LogP contribution in [0.5, 0.6) is 0 Å². The SMILES string of the molecule is CC(C)C1[C@@H]2CCCC[C@@H]2CN1C. The van der Waals surface area contributed by atoms with Gasteiger partial charge in [-0.1, -0.05) is 26.7 Å². The Bertz CT molecular complexity index is 176. The fraction of sp³-hybridized carbons (Fsp3) is 1.00. The third kappa shape index (κ3) is 1.63. The molecule has 13 heavy (non-hydrogen) atoms. The Labute approximate surface area is 82.5 Å². The van der Waals surface area contributed by atoms with Gasteiger partial charge in [0.25, 0.3) is 0 Å². The van der Waals surface area contributed by atoms with Crippen molar-refractivity contribution < 1.29 is 0 Å². The van der Waals surface area contributed by atoms with Gasteiger partial charge in [-0.25, -0.2) is 0 Å². The molecular formula is C12H23N. The highest BCUT2D eigenvalue weighted by molar-refractivity contribution is 4.94. The van der Waals surface area contributed by atoms with E-state index in [1.807, 2.05) is 0 Å². The van der Waals surface area contributed by atoms with Crippen LogP contribution in [-0.4, -0.2) is 24.5 Å². The molecule has 0 aromatic rings. The second-order valence-electron chi connectivity index (χ2n) is 5.38. The minimum absolute atomic E-state index is 0.845. The van der Waals surface area contributed by atoms with Crippen LogP contribution in [-0.2, 0) is 0 Å². The van der Waals surface area contributed by atoms with Crippen molar-refractivity contribution in [3.8, 4) is 0 Å². The number of nitrogens with zero attached hydrogens (tertiary/aromatic N) is 1. The van der Waals surface area contributed by atoms with Crippen LogP contribution in [0.3, 0.4) is 0 Å². The molecule has 0 aromatic carbocycles. The summed E-state index contributed by atoms with van der Waals surface area (Å²) in [7, 11) is 2.32. The topological polar surface area (TPSA) is 3.24 Å². The molecule has 0 radical (unpaired) electrons. The molecule has 0 aromatic heterocycles. The number of hydrogen-bond donors (Lipinski definition) is 0. The lowest BCUT2D eigenvalue weighted by Gasteiger charge is -2.32. The fourth-order valence-electron chi connectivity index (χ4n) is 3.73. The lowest BCUT2D eigenvalue weighted by Crippen LogP contribution is -2.34. The molecule has 1 heteroatoms. The lowest BCUT2D eigenvalue weighted by molar-refractivity contribution is 0.186. The second kappa shape index (κ2) is 3.61. The van der Waals surface area contributed by atoms with E-state index < -0.39 is 0 Å². The summed E-state index contributed by atoms with van der Waals surface area (Å²) in [5, 5.41) is 0. The van der Waals surface area contributed by atoms with Crippen molar-refractivity contribution in [1.29, 1.82) is 0 Å². The van der Waals surface area contributed by atoms with Gasteiger partial charge >= 0.3 is 0 Å². The van der Waals surface area contributed by atoms with Crippen LogP contribution in [0.1, 0.15) is 39.5 Å². The number of likely N-dealkylation sites (tertiary alicyclic amines) is 1. The van der Waals surface area contributed by atoms with Crippen molar-refractivity contribution in [3.05, 3.63) is 0 Å². The zero-order valence-electron chi connectivity index (χ0n) is 9.29. The summed E-state index contributed by atoms with van der Waals surface area (Å²) < 4.78 is 0. The van der Waals surface area contributed by atoms with E-state index in [1.54, 1.807) is 0 Å². The molecular weight excluding hydrogens is 158 g/mol. The number of rotatable bonds is 1. The summed E-state index contributed by atoms with van der Waals surface area (Å²) in [5.41, 5.74) is 0. The van der Waals surface area contributed by atoms with Crippen molar-refractivity contribution in [3.63, 3.8) is 0 Å². The maximum Gasteiger partial charge on any atom is 0.0147 e. The average molecular weight is 181 g/mol. The van der Waals surface area contributed by atoms with Crippen LogP contribution in [0.2, 0.25) is 0 Å². The molecule has 3 atom stereocenters. The monoisotopic (exact) mass is 181 g/mol. The molecule has 1 aliphatic heterocycles. The first kappa shape index (κ1) is 9.51. The molecule has 1 unspecified atom stereocenters. The Balaban J connectivity index is 2.09. The van der Waals surface area contributed by atoms with Crippen molar-refractivity contribution in [2.24, 2.45) is 17.8 Å². The number of hydrogen-bond acceptors (Lipinski definition) is 1. The van der Waals surface area contributed by atoms with E-state index in [-0.39, 0.29) is 0 Å². The molecule has 0 bridgehead atoms. The zero-order chi connectivity index (χ0) is 9.42. The molecule has 1 aliphatic carbocycles. The predicted octanol–water partition coefficient (Wildman–Crippen LogP) is 2.76. The van der Waals surface area contributed by atoms with Crippen LogP contribution in [0, 0.1) is 17.8 Å². The molecule has 1 saturated carbocycles. The summed E-state index contributed by atoms with van der Waals surface area (Å²) >= 11 is 0. The van der Waals surface area contributed by atoms with Crippen LogP contribution in [0.4, 0.5) is 0 Å². The van der Waals surface area contributed by atoms with Gasteiger partial charge < -0.3 is 4.90 Å². The standard InChI is InChI=1S/C12H23N/c1-9(2)12-11-7-5-4-6-10(11)8-13(12)3/h9-12H,4-8H2,1-3H3/t10-,11-,12?/m1/s1. The van der Waals surface area contributed by atoms with E-state index in [9.17, 15) is 0 Å². The summed E-state index contributed by atoms with van der Waals surface area (Å²) in [6, 6.07) is 0.880. The molecule has 0 amide bonds. The Kier molecular flexibility index (Phi) is 2.64. The van der Waals surface area contributed by atoms with Gasteiger partial charge in [-0.2, -0.15) is 0 Å². The summed E-state index contributed by atoms with van der Waals surface area (Å²) in [6.07, 6.45) is 5.97. The lowest BCUT2D eigenvalue weighted by atomic mass is 9.76. The van der Waals surface area contributed by atoms with Crippen molar-refractivity contribution in [2.75, 3.05) is 13.6 Å². The first-order valence-corrected chi connectivity index (χ1v) is 5.90. The van der Waals surface area contributed by atoms with E-state index in [2.05, 4.69) is 25.8 Å². The minimum atomic E-state index is 0.845. The maximum atomic E-state index is 2.62. The Morgan fingerprint density at radius 3 is 2.54 bits per heavy atom. The largest absolute Gasteiger partial charge is 0.303 e. The maximum absolute atomic E-state index is 2.62. The van der Waals surface area contributed by atoms with Crippen molar-refractivity contribution in [2.45, 2.75) is 45.6 Å². The highest BCUT2D eigenvalue weighted by Crippen LogP contribution is 2.41. The van der Waals surface area contributed by atoms with Crippen LogP contribution in [0.25, 0.3) is 0 Å². The molecule has 2 aliphatic rings. The van der Waals surface area contributed by atoms with Gasteiger partial charge in [0.2, 0.25) is 0 Å². The van der Waals surface area contributed by atoms with Crippen LogP contribution >= 0.6 is 0 Å². The van der Waals surface area contributed by atoms with Gasteiger partial charge in [-0.3, -0.25) is 0 Å². The third-order valence-corrected chi connectivity index (χ3v) is 4.12. The zero-order valence-corrected chi connectivity index (χ0v) is 9.29. The van der Waals surface area contributed by atoms with E-state index in [0.29, 0.717) is 0 Å². The molecule has 76 valence electrons. The Morgan fingerprint density at radius 1 is 1.15 bits per heavy atom. The molecule has 2 rings (SSSR count). The van der Waals surface area contributed by atoms with Gasteiger partial charge in [0.05, 0.1) is 0 Å².